The average Bonchev–Trinajstić information content (AvgIpc) is 2.49. The first-order valence-corrected chi connectivity index (χ1v) is 6.39. The van der Waals surface area contributed by atoms with Crippen LogP contribution in [-0.2, 0) is 0 Å². The van der Waals surface area contributed by atoms with E-state index < -0.39 is 0 Å². The summed E-state index contributed by atoms with van der Waals surface area (Å²) in [4.78, 5) is 14.4. The molecule has 0 bridgehead atoms. The van der Waals surface area contributed by atoms with E-state index in [9.17, 15) is 4.79 Å². The Morgan fingerprint density at radius 1 is 1.11 bits per heavy atom. The number of amides is 1. The fraction of sp³-hybridized carbons (Fsp3) is 0.357. The minimum absolute atomic E-state index is 0.0209. The summed E-state index contributed by atoms with van der Waals surface area (Å²) < 4.78 is 0. The van der Waals surface area contributed by atoms with Crippen LogP contribution in [0.15, 0.2) is 34.5 Å². The van der Waals surface area contributed by atoms with Crippen LogP contribution < -0.4 is 5.12 Å². The van der Waals surface area contributed by atoms with Gasteiger partial charge in [0.2, 0.25) is 0 Å². The van der Waals surface area contributed by atoms with Crippen LogP contribution in [0, 0.1) is 0 Å². The van der Waals surface area contributed by atoms with Crippen molar-refractivity contribution in [2.24, 2.45) is 10.2 Å². The fourth-order valence-corrected chi connectivity index (χ4v) is 2.29. The molecule has 1 amide bonds. The number of anilines is 1. The SMILES string of the molecule is C=NN(N=C)c1ccccc1C(=O)N1CCCCC1. The Kier molecular flexibility index (Phi) is 4.28. The van der Waals surface area contributed by atoms with Crippen LogP contribution >= 0.6 is 0 Å². The molecule has 1 aromatic carbocycles. The van der Waals surface area contributed by atoms with Gasteiger partial charge in [-0.25, -0.2) is 0 Å². The van der Waals surface area contributed by atoms with Crippen LogP contribution in [0.2, 0.25) is 0 Å². The second-order valence-corrected chi connectivity index (χ2v) is 4.44. The minimum Gasteiger partial charge on any atom is -0.339 e. The van der Waals surface area contributed by atoms with Gasteiger partial charge in [-0.3, -0.25) is 4.79 Å². The van der Waals surface area contributed by atoms with Crippen molar-refractivity contribution in [2.75, 3.05) is 18.2 Å². The third-order valence-electron chi connectivity index (χ3n) is 3.26. The zero-order chi connectivity index (χ0) is 13.7. The number of piperidine rings is 1. The first-order chi connectivity index (χ1) is 9.27. The van der Waals surface area contributed by atoms with Crippen LogP contribution in [0.5, 0.6) is 0 Å². The highest BCUT2D eigenvalue weighted by atomic mass is 16.2. The molecule has 19 heavy (non-hydrogen) atoms. The lowest BCUT2D eigenvalue weighted by Gasteiger charge is -2.28. The van der Waals surface area contributed by atoms with Crippen LogP contribution in [0.3, 0.4) is 0 Å². The first-order valence-electron chi connectivity index (χ1n) is 6.39. The lowest BCUT2D eigenvalue weighted by atomic mass is 10.1. The van der Waals surface area contributed by atoms with E-state index in [-0.39, 0.29) is 5.91 Å². The minimum atomic E-state index is 0.0209. The lowest BCUT2D eigenvalue weighted by molar-refractivity contribution is 0.0725. The van der Waals surface area contributed by atoms with Crippen molar-refractivity contribution in [1.82, 2.24) is 4.90 Å². The topological polar surface area (TPSA) is 48.3 Å². The number of para-hydroxylation sites is 1. The van der Waals surface area contributed by atoms with Crippen molar-refractivity contribution >= 4 is 25.0 Å². The molecule has 1 aliphatic rings. The Morgan fingerprint density at radius 2 is 1.74 bits per heavy atom. The van der Waals surface area contributed by atoms with Gasteiger partial charge in [0.25, 0.3) is 5.91 Å². The summed E-state index contributed by atoms with van der Waals surface area (Å²) in [5, 5.41) is 8.77. The average molecular weight is 258 g/mol. The molecule has 0 unspecified atom stereocenters. The van der Waals surface area contributed by atoms with Gasteiger partial charge in [0, 0.05) is 26.5 Å². The smallest absolute Gasteiger partial charge is 0.256 e. The number of hydrogen-bond donors (Lipinski definition) is 0. The molecule has 1 aliphatic heterocycles. The van der Waals surface area contributed by atoms with Gasteiger partial charge in [-0.1, -0.05) is 12.1 Å². The molecule has 1 fully saturated rings. The van der Waals surface area contributed by atoms with Crippen molar-refractivity contribution in [3.8, 4) is 0 Å². The highest BCUT2D eigenvalue weighted by Gasteiger charge is 2.22. The molecule has 100 valence electrons. The molecule has 2 rings (SSSR count). The molecule has 1 heterocycles. The van der Waals surface area contributed by atoms with Gasteiger partial charge in [-0.2, -0.15) is 15.3 Å². The molecular weight excluding hydrogens is 240 g/mol. The summed E-state index contributed by atoms with van der Waals surface area (Å²) in [6.07, 6.45) is 3.33. The quantitative estimate of drug-likeness (QED) is 0.615. The second-order valence-electron chi connectivity index (χ2n) is 4.44. The number of carbonyl (C=O) groups is 1. The fourth-order valence-electron chi connectivity index (χ4n) is 2.29. The number of hydrogen-bond acceptors (Lipinski definition) is 4. The maximum absolute atomic E-state index is 12.5. The predicted molar refractivity (Wildman–Crippen MR) is 77.8 cm³/mol. The molecular formula is C14H18N4O. The Hall–Kier alpha value is -2.17. The van der Waals surface area contributed by atoms with Crippen molar-refractivity contribution in [3.05, 3.63) is 29.8 Å². The normalized spacial score (nSPS) is 14.8. The number of carbonyl (C=O) groups excluding carboxylic acids is 1. The molecule has 0 N–H and O–H groups in total. The van der Waals surface area contributed by atoms with Crippen molar-refractivity contribution < 1.29 is 4.79 Å². The first kappa shape index (κ1) is 13.3. The second kappa shape index (κ2) is 6.13. The van der Waals surface area contributed by atoms with E-state index in [4.69, 9.17) is 0 Å². The molecule has 0 aromatic heterocycles. The summed E-state index contributed by atoms with van der Waals surface area (Å²) in [6.45, 7) is 8.51. The maximum atomic E-state index is 12.5. The molecule has 0 aliphatic carbocycles. The van der Waals surface area contributed by atoms with Crippen molar-refractivity contribution in [3.63, 3.8) is 0 Å². The monoisotopic (exact) mass is 258 g/mol. The number of likely N-dealkylation sites (tertiary alicyclic amines) is 1. The number of rotatable bonds is 4. The standard InChI is InChI=1S/C14H18N4O/c1-15-18(16-2)13-9-5-4-8-12(13)14(19)17-10-6-3-7-11-17/h4-5,8-9H,1-3,6-7,10-11H2. The molecule has 5 heteroatoms. The van der Waals surface area contributed by atoms with Crippen LogP contribution in [0.4, 0.5) is 5.69 Å². The van der Waals surface area contributed by atoms with E-state index in [0.717, 1.165) is 25.9 Å². The number of benzene rings is 1. The van der Waals surface area contributed by atoms with Gasteiger partial charge in [0.05, 0.1) is 11.3 Å². The van der Waals surface area contributed by atoms with Crippen molar-refractivity contribution in [1.29, 1.82) is 0 Å². The molecule has 5 nitrogen and oxygen atoms in total. The van der Waals surface area contributed by atoms with Gasteiger partial charge < -0.3 is 4.90 Å². The molecule has 0 spiro atoms. The Balaban J connectivity index is 2.30. The number of nitrogens with zero attached hydrogens (tertiary/aromatic N) is 4. The summed E-state index contributed by atoms with van der Waals surface area (Å²) in [5.41, 5.74) is 1.20. The van der Waals surface area contributed by atoms with Gasteiger partial charge in [-0.05, 0) is 31.4 Å². The molecule has 1 aromatic rings. The Labute approximate surface area is 113 Å². The third-order valence-corrected chi connectivity index (χ3v) is 3.26. The van der Waals surface area contributed by atoms with Crippen LogP contribution in [0.1, 0.15) is 29.6 Å². The van der Waals surface area contributed by atoms with Crippen molar-refractivity contribution in [2.45, 2.75) is 19.3 Å². The molecule has 0 radical (unpaired) electrons. The maximum Gasteiger partial charge on any atom is 0.256 e. The summed E-state index contributed by atoms with van der Waals surface area (Å²) in [6, 6.07) is 7.26. The van der Waals surface area contributed by atoms with Gasteiger partial charge in [0.1, 0.15) is 0 Å². The predicted octanol–water partition coefficient (Wildman–Crippen LogP) is 2.35. The number of hydrazone groups is 2. The highest BCUT2D eigenvalue weighted by molar-refractivity contribution is 5.99. The molecule has 1 saturated heterocycles. The van der Waals surface area contributed by atoms with E-state index in [2.05, 4.69) is 23.6 Å². The van der Waals surface area contributed by atoms with Crippen LogP contribution in [0.25, 0.3) is 0 Å². The van der Waals surface area contributed by atoms with E-state index in [1.54, 1.807) is 12.1 Å². The van der Waals surface area contributed by atoms with E-state index >= 15 is 0 Å². The Bertz CT molecular complexity index is 472. The van der Waals surface area contributed by atoms with Gasteiger partial charge in [0.15, 0.2) is 0 Å². The van der Waals surface area contributed by atoms with Gasteiger partial charge >= 0.3 is 0 Å². The van der Waals surface area contributed by atoms with E-state index in [1.165, 1.54) is 11.5 Å². The summed E-state index contributed by atoms with van der Waals surface area (Å²) in [7, 11) is 0. The zero-order valence-electron chi connectivity index (χ0n) is 11.0. The highest BCUT2D eigenvalue weighted by Crippen LogP contribution is 2.23. The lowest BCUT2D eigenvalue weighted by Crippen LogP contribution is -2.36. The largest absolute Gasteiger partial charge is 0.339 e. The molecule has 0 atom stereocenters. The van der Waals surface area contributed by atoms with Crippen LogP contribution in [-0.4, -0.2) is 37.3 Å². The summed E-state index contributed by atoms with van der Waals surface area (Å²) in [5.74, 6) is 0.0209. The van der Waals surface area contributed by atoms with E-state index in [0.29, 0.717) is 11.3 Å². The zero-order valence-corrected chi connectivity index (χ0v) is 11.0. The third kappa shape index (κ3) is 2.81. The molecule has 0 saturated carbocycles. The van der Waals surface area contributed by atoms with Gasteiger partial charge in [-0.15, -0.1) is 0 Å². The van der Waals surface area contributed by atoms with E-state index in [1.807, 2.05) is 17.0 Å². The summed E-state index contributed by atoms with van der Waals surface area (Å²) >= 11 is 0. The Morgan fingerprint density at radius 3 is 2.37 bits per heavy atom.